The van der Waals surface area contributed by atoms with E-state index in [0.717, 1.165) is 17.1 Å². The first-order chi connectivity index (χ1) is 10.4. The van der Waals surface area contributed by atoms with E-state index in [2.05, 4.69) is 19.9 Å². The van der Waals surface area contributed by atoms with Crippen LogP contribution in [0.2, 0.25) is 0 Å². The van der Waals surface area contributed by atoms with Gasteiger partial charge in [-0.05, 0) is 36.4 Å². The van der Waals surface area contributed by atoms with Gasteiger partial charge < -0.3 is 0 Å². The van der Waals surface area contributed by atoms with E-state index in [1.807, 2.05) is 54.6 Å². The predicted molar refractivity (Wildman–Crippen MR) is 82.1 cm³/mol. The van der Waals surface area contributed by atoms with E-state index in [9.17, 15) is 0 Å². The Labute approximate surface area is 123 Å². The van der Waals surface area contributed by atoms with Crippen LogP contribution >= 0.6 is 0 Å². The molecule has 0 N–H and O–H groups in total. The van der Waals surface area contributed by atoms with Crippen LogP contribution in [0.3, 0.4) is 0 Å². The second kappa shape index (κ2) is 6.52. The van der Waals surface area contributed by atoms with Crippen LogP contribution in [0.15, 0.2) is 78.2 Å². The van der Waals surface area contributed by atoms with Gasteiger partial charge in [0.05, 0.1) is 17.1 Å². The van der Waals surface area contributed by atoms with Crippen LogP contribution in [0.4, 0.5) is 0 Å². The monoisotopic (exact) mass is 274 g/mol. The molecule has 0 aliphatic heterocycles. The predicted octanol–water partition coefficient (Wildman–Crippen LogP) is 3.08. The second-order valence-electron chi connectivity index (χ2n) is 4.44. The van der Waals surface area contributed by atoms with Crippen molar-refractivity contribution in [3.8, 4) is 0 Å². The number of hydrogen-bond acceptors (Lipinski definition) is 4. The van der Waals surface area contributed by atoms with Gasteiger partial charge in [-0.3, -0.25) is 19.9 Å². The smallest absolute Gasteiger partial charge is 0.134 e. The molecule has 3 aromatic heterocycles. The SMILES string of the molecule is C(=N/C(c1ccccn1)c1ccccn1)/c1ccccn1. The summed E-state index contributed by atoms with van der Waals surface area (Å²) < 4.78 is 0. The van der Waals surface area contributed by atoms with Crippen molar-refractivity contribution in [3.05, 3.63) is 90.3 Å². The highest BCUT2D eigenvalue weighted by Crippen LogP contribution is 2.22. The zero-order valence-corrected chi connectivity index (χ0v) is 11.4. The van der Waals surface area contributed by atoms with Crippen LogP contribution in [0.25, 0.3) is 0 Å². The van der Waals surface area contributed by atoms with E-state index >= 15 is 0 Å². The fourth-order valence-electron chi connectivity index (χ4n) is 1.98. The maximum atomic E-state index is 4.62. The summed E-state index contributed by atoms with van der Waals surface area (Å²) in [6.45, 7) is 0. The quantitative estimate of drug-likeness (QED) is 0.687. The van der Waals surface area contributed by atoms with Gasteiger partial charge in [0, 0.05) is 24.8 Å². The Bertz CT molecular complexity index is 657. The molecule has 4 heteroatoms. The number of pyridine rings is 3. The molecule has 102 valence electrons. The molecule has 0 radical (unpaired) electrons. The second-order valence-corrected chi connectivity index (χ2v) is 4.44. The van der Waals surface area contributed by atoms with Gasteiger partial charge in [0.2, 0.25) is 0 Å². The molecule has 0 saturated carbocycles. The molecule has 0 fully saturated rings. The molecule has 0 atom stereocenters. The topological polar surface area (TPSA) is 51.0 Å². The van der Waals surface area contributed by atoms with E-state index in [1.165, 1.54) is 0 Å². The maximum Gasteiger partial charge on any atom is 0.134 e. The van der Waals surface area contributed by atoms with Crippen molar-refractivity contribution in [2.45, 2.75) is 6.04 Å². The van der Waals surface area contributed by atoms with Gasteiger partial charge in [-0.2, -0.15) is 0 Å². The van der Waals surface area contributed by atoms with Gasteiger partial charge in [0.1, 0.15) is 6.04 Å². The fourth-order valence-corrected chi connectivity index (χ4v) is 1.98. The van der Waals surface area contributed by atoms with E-state index in [-0.39, 0.29) is 6.04 Å². The van der Waals surface area contributed by atoms with Gasteiger partial charge in [-0.25, -0.2) is 0 Å². The first-order valence-corrected chi connectivity index (χ1v) is 6.69. The summed E-state index contributed by atoms with van der Waals surface area (Å²) in [4.78, 5) is 17.7. The van der Waals surface area contributed by atoms with Crippen LogP contribution in [-0.4, -0.2) is 21.2 Å². The Morgan fingerprint density at radius 2 is 1.29 bits per heavy atom. The summed E-state index contributed by atoms with van der Waals surface area (Å²) in [6.07, 6.45) is 7.04. The third-order valence-electron chi connectivity index (χ3n) is 2.98. The lowest BCUT2D eigenvalue weighted by Crippen LogP contribution is -2.03. The molecular weight excluding hydrogens is 260 g/mol. The lowest BCUT2D eigenvalue weighted by Gasteiger charge is -2.10. The summed E-state index contributed by atoms with van der Waals surface area (Å²) in [7, 11) is 0. The highest BCUT2D eigenvalue weighted by atomic mass is 14.9. The van der Waals surface area contributed by atoms with Crippen LogP contribution < -0.4 is 0 Å². The molecular formula is C17H14N4. The number of aromatic nitrogens is 3. The molecule has 0 aromatic carbocycles. The van der Waals surface area contributed by atoms with E-state index in [0.29, 0.717) is 0 Å². The van der Waals surface area contributed by atoms with E-state index < -0.39 is 0 Å². The molecule has 0 aliphatic rings. The van der Waals surface area contributed by atoms with Crippen LogP contribution in [-0.2, 0) is 0 Å². The van der Waals surface area contributed by atoms with Crippen molar-refractivity contribution >= 4 is 6.21 Å². The first-order valence-electron chi connectivity index (χ1n) is 6.69. The van der Waals surface area contributed by atoms with E-state index in [1.54, 1.807) is 24.8 Å². The molecule has 21 heavy (non-hydrogen) atoms. The normalized spacial score (nSPS) is 11.1. The fraction of sp³-hybridized carbons (Fsp3) is 0.0588. The summed E-state index contributed by atoms with van der Waals surface area (Å²) in [6, 6.07) is 17.1. The summed E-state index contributed by atoms with van der Waals surface area (Å²) >= 11 is 0. The molecule has 4 nitrogen and oxygen atoms in total. The molecule has 3 aromatic rings. The van der Waals surface area contributed by atoms with Crippen molar-refractivity contribution in [2.24, 2.45) is 4.99 Å². The number of nitrogens with zero attached hydrogens (tertiary/aromatic N) is 4. The molecule has 3 heterocycles. The summed E-state index contributed by atoms with van der Waals surface area (Å²) in [5.41, 5.74) is 2.54. The Morgan fingerprint density at radius 3 is 1.76 bits per heavy atom. The highest BCUT2D eigenvalue weighted by Gasteiger charge is 2.14. The zero-order chi connectivity index (χ0) is 14.3. The maximum absolute atomic E-state index is 4.62. The number of aliphatic imine (C=N–C) groups is 1. The van der Waals surface area contributed by atoms with Crippen LogP contribution in [0.5, 0.6) is 0 Å². The molecule has 0 spiro atoms. The van der Waals surface area contributed by atoms with Crippen molar-refractivity contribution in [1.82, 2.24) is 15.0 Å². The Hall–Kier alpha value is -2.88. The third-order valence-corrected chi connectivity index (χ3v) is 2.98. The lowest BCUT2D eigenvalue weighted by molar-refractivity contribution is 0.799. The largest absolute Gasteiger partial charge is 0.275 e. The molecule has 0 aliphatic carbocycles. The zero-order valence-electron chi connectivity index (χ0n) is 11.4. The molecule has 0 saturated heterocycles. The Balaban J connectivity index is 1.96. The molecule has 0 unspecified atom stereocenters. The molecule has 0 bridgehead atoms. The highest BCUT2D eigenvalue weighted by molar-refractivity contribution is 5.77. The minimum absolute atomic E-state index is 0.227. The van der Waals surface area contributed by atoms with Crippen molar-refractivity contribution in [2.75, 3.05) is 0 Å². The van der Waals surface area contributed by atoms with Gasteiger partial charge in [0.15, 0.2) is 0 Å². The van der Waals surface area contributed by atoms with Crippen molar-refractivity contribution < 1.29 is 0 Å². The van der Waals surface area contributed by atoms with Crippen LogP contribution in [0, 0.1) is 0 Å². The third kappa shape index (κ3) is 3.36. The number of hydrogen-bond donors (Lipinski definition) is 0. The molecule has 3 rings (SSSR count). The van der Waals surface area contributed by atoms with Crippen LogP contribution in [0.1, 0.15) is 23.1 Å². The summed E-state index contributed by atoms with van der Waals surface area (Å²) in [5, 5.41) is 0. The number of rotatable bonds is 4. The Morgan fingerprint density at radius 1 is 0.714 bits per heavy atom. The van der Waals surface area contributed by atoms with Gasteiger partial charge in [-0.1, -0.05) is 18.2 Å². The minimum atomic E-state index is -0.227. The van der Waals surface area contributed by atoms with Crippen molar-refractivity contribution in [3.63, 3.8) is 0 Å². The lowest BCUT2D eigenvalue weighted by atomic mass is 10.1. The molecule has 0 amide bonds. The van der Waals surface area contributed by atoms with E-state index in [4.69, 9.17) is 0 Å². The minimum Gasteiger partial charge on any atom is -0.275 e. The van der Waals surface area contributed by atoms with Gasteiger partial charge >= 0.3 is 0 Å². The first kappa shape index (κ1) is 13.1. The average molecular weight is 274 g/mol. The van der Waals surface area contributed by atoms with Gasteiger partial charge in [0.25, 0.3) is 0 Å². The van der Waals surface area contributed by atoms with Gasteiger partial charge in [-0.15, -0.1) is 0 Å². The standard InChI is InChI=1S/C17H14N4/c1-4-10-18-14(7-1)13-21-17(15-8-2-5-11-19-15)16-9-3-6-12-20-16/h1-13,17H/b21-13-. The van der Waals surface area contributed by atoms with Crippen molar-refractivity contribution in [1.29, 1.82) is 0 Å². The Kier molecular flexibility index (Phi) is 4.07. The average Bonchev–Trinajstić information content (AvgIpc) is 2.58. The summed E-state index contributed by atoms with van der Waals surface area (Å²) in [5.74, 6) is 0.